The Bertz CT molecular complexity index is 344. The van der Waals surface area contributed by atoms with Crippen molar-refractivity contribution in [3.63, 3.8) is 0 Å². The van der Waals surface area contributed by atoms with Gasteiger partial charge in [-0.15, -0.1) is 0 Å². The van der Waals surface area contributed by atoms with Crippen LogP contribution in [0.3, 0.4) is 0 Å². The van der Waals surface area contributed by atoms with Crippen LogP contribution in [0.4, 0.5) is 0 Å². The van der Waals surface area contributed by atoms with Crippen LogP contribution in [-0.4, -0.2) is 32.9 Å². The summed E-state index contributed by atoms with van der Waals surface area (Å²) < 4.78 is 11.4. The number of nitrogens with one attached hydrogen (secondary N) is 1. The Morgan fingerprint density at radius 3 is 2.68 bits per heavy atom. The highest BCUT2D eigenvalue weighted by atomic mass is 16.5. The quantitative estimate of drug-likeness (QED) is 0.820. The van der Waals surface area contributed by atoms with Crippen LogP contribution >= 0.6 is 0 Å². The summed E-state index contributed by atoms with van der Waals surface area (Å²) in [6, 6.07) is 8.69. The molecule has 0 aliphatic carbocycles. The van der Waals surface area contributed by atoms with Crippen LogP contribution in [0.25, 0.3) is 0 Å². The number of ether oxygens (including phenoxy) is 2. The molecule has 1 aromatic carbocycles. The molecule has 0 aromatic heterocycles. The summed E-state index contributed by atoms with van der Waals surface area (Å²) in [5, 5.41) is 3.16. The summed E-state index contributed by atoms with van der Waals surface area (Å²) in [5.41, 5.74) is 2.61. The molecule has 1 aliphatic heterocycles. The lowest BCUT2D eigenvalue weighted by Gasteiger charge is -2.22. The minimum Gasteiger partial charge on any atom is -0.376 e. The highest BCUT2D eigenvalue weighted by Gasteiger charge is 2.13. The molecule has 1 atom stereocenters. The van der Waals surface area contributed by atoms with E-state index in [9.17, 15) is 0 Å². The molecule has 106 valence electrons. The number of likely N-dealkylation sites (N-methyl/N-ethyl adjacent to an activating group) is 1. The molecule has 2 rings (SSSR count). The topological polar surface area (TPSA) is 30.5 Å². The van der Waals surface area contributed by atoms with E-state index in [1.54, 1.807) is 0 Å². The molecule has 3 heteroatoms. The van der Waals surface area contributed by atoms with Crippen molar-refractivity contribution in [2.75, 3.05) is 26.8 Å². The van der Waals surface area contributed by atoms with Gasteiger partial charge < -0.3 is 14.8 Å². The number of rotatable bonds is 7. The smallest absolute Gasteiger partial charge is 0.0808 e. The van der Waals surface area contributed by atoms with E-state index in [4.69, 9.17) is 9.47 Å². The standard InChI is InChI=1S/C16H25NO2/c1-17-10-9-14-5-7-15(8-6-14)12-18-13-16-4-2-3-11-19-16/h5-8,16-17H,2-4,9-13H2,1H3. The van der Waals surface area contributed by atoms with Crippen molar-refractivity contribution in [1.82, 2.24) is 5.32 Å². The maximum absolute atomic E-state index is 5.74. The molecule has 0 spiro atoms. The van der Waals surface area contributed by atoms with E-state index in [0.717, 1.165) is 32.6 Å². The molecular weight excluding hydrogens is 238 g/mol. The normalized spacial score (nSPS) is 19.5. The summed E-state index contributed by atoms with van der Waals surface area (Å²) in [6.45, 7) is 3.33. The molecule has 0 radical (unpaired) electrons. The van der Waals surface area contributed by atoms with Gasteiger partial charge in [-0.2, -0.15) is 0 Å². The van der Waals surface area contributed by atoms with Crippen LogP contribution in [0, 0.1) is 0 Å². The van der Waals surface area contributed by atoms with Gasteiger partial charge in [0.1, 0.15) is 0 Å². The van der Waals surface area contributed by atoms with Gasteiger partial charge in [-0.25, -0.2) is 0 Å². The molecule has 1 aromatic rings. The number of hydrogen-bond donors (Lipinski definition) is 1. The van der Waals surface area contributed by atoms with Crippen molar-refractivity contribution in [3.8, 4) is 0 Å². The Hall–Kier alpha value is -0.900. The molecule has 19 heavy (non-hydrogen) atoms. The summed E-state index contributed by atoms with van der Waals surface area (Å²) in [4.78, 5) is 0. The Morgan fingerprint density at radius 2 is 2.00 bits per heavy atom. The Labute approximate surface area is 116 Å². The zero-order valence-corrected chi connectivity index (χ0v) is 11.9. The van der Waals surface area contributed by atoms with Gasteiger partial charge in [-0.1, -0.05) is 24.3 Å². The lowest BCUT2D eigenvalue weighted by Crippen LogP contribution is -2.24. The molecule has 1 heterocycles. The van der Waals surface area contributed by atoms with E-state index in [-0.39, 0.29) is 0 Å². The zero-order chi connectivity index (χ0) is 13.3. The van der Waals surface area contributed by atoms with Crippen LogP contribution in [0.1, 0.15) is 30.4 Å². The lowest BCUT2D eigenvalue weighted by molar-refractivity contribution is -0.0447. The molecule has 1 saturated heterocycles. The highest BCUT2D eigenvalue weighted by molar-refractivity contribution is 5.22. The third-order valence-electron chi connectivity index (χ3n) is 3.53. The molecule has 0 bridgehead atoms. The first-order valence-electron chi connectivity index (χ1n) is 7.30. The van der Waals surface area contributed by atoms with Crippen molar-refractivity contribution >= 4 is 0 Å². The largest absolute Gasteiger partial charge is 0.376 e. The van der Waals surface area contributed by atoms with Gasteiger partial charge in [0, 0.05) is 6.61 Å². The van der Waals surface area contributed by atoms with Crippen LogP contribution in [0.15, 0.2) is 24.3 Å². The van der Waals surface area contributed by atoms with E-state index in [1.807, 2.05) is 7.05 Å². The molecular formula is C16H25NO2. The Kier molecular flexibility index (Phi) is 6.34. The molecule has 0 saturated carbocycles. The minimum absolute atomic E-state index is 0.309. The van der Waals surface area contributed by atoms with Crippen LogP contribution in [0.5, 0.6) is 0 Å². The molecule has 1 N–H and O–H groups in total. The van der Waals surface area contributed by atoms with Crippen molar-refractivity contribution in [1.29, 1.82) is 0 Å². The SMILES string of the molecule is CNCCc1ccc(COCC2CCCCO2)cc1. The first-order chi connectivity index (χ1) is 9.38. The Morgan fingerprint density at radius 1 is 1.21 bits per heavy atom. The summed E-state index contributed by atoms with van der Waals surface area (Å²) in [7, 11) is 1.98. The van der Waals surface area contributed by atoms with Crippen LogP contribution < -0.4 is 5.32 Å². The third kappa shape index (κ3) is 5.31. The molecule has 1 unspecified atom stereocenters. The van der Waals surface area contributed by atoms with Crippen molar-refractivity contribution in [3.05, 3.63) is 35.4 Å². The second-order valence-electron chi connectivity index (χ2n) is 5.17. The molecule has 1 aliphatic rings. The van der Waals surface area contributed by atoms with E-state index >= 15 is 0 Å². The van der Waals surface area contributed by atoms with Gasteiger partial charge in [0.25, 0.3) is 0 Å². The zero-order valence-electron chi connectivity index (χ0n) is 11.9. The fraction of sp³-hybridized carbons (Fsp3) is 0.625. The molecule has 0 amide bonds. The Balaban J connectivity index is 1.67. The van der Waals surface area contributed by atoms with Crippen LogP contribution in [-0.2, 0) is 22.5 Å². The van der Waals surface area contributed by atoms with E-state index in [2.05, 4.69) is 29.6 Å². The predicted molar refractivity (Wildman–Crippen MR) is 77.3 cm³/mol. The average Bonchev–Trinajstić information content (AvgIpc) is 2.47. The molecule has 1 fully saturated rings. The van der Waals surface area contributed by atoms with Gasteiger partial charge in [0.05, 0.1) is 19.3 Å². The number of hydrogen-bond acceptors (Lipinski definition) is 3. The maximum atomic E-state index is 5.74. The average molecular weight is 263 g/mol. The monoisotopic (exact) mass is 263 g/mol. The predicted octanol–water partition coefficient (Wildman–Crippen LogP) is 2.53. The van der Waals surface area contributed by atoms with Gasteiger partial charge in [0.15, 0.2) is 0 Å². The summed E-state index contributed by atoms with van der Waals surface area (Å²) in [6.07, 6.45) is 5.00. The second kappa shape index (κ2) is 8.31. The van der Waals surface area contributed by atoms with Gasteiger partial charge in [-0.05, 0) is 50.4 Å². The van der Waals surface area contributed by atoms with Gasteiger partial charge in [-0.3, -0.25) is 0 Å². The summed E-state index contributed by atoms with van der Waals surface area (Å²) >= 11 is 0. The third-order valence-corrected chi connectivity index (χ3v) is 3.53. The fourth-order valence-electron chi connectivity index (χ4n) is 2.32. The van der Waals surface area contributed by atoms with Crippen molar-refractivity contribution in [2.45, 2.75) is 38.4 Å². The van der Waals surface area contributed by atoms with Gasteiger partial charge in [0.2, 0.25) is 0 Å². The minimum atomic E-state index is 0.309. The second-order valence-corrected chi connectivity index (χ2v) is 5.17. The van der Waals surface area contributed by atoms with Crippen LogP contribution in [0.2, 0.25) is 0 Å². The van der Waals surface area contributed by atoms with E-state index in [0.29, 0.717) is 12.7 Å². The van der Waals surface area contributed by atoms with E-state index in [1.165, 1.54) is 24.0 Å². The number of benzene rings is 1. The first kappa shape index (κ1) is 14.5. The van der Waals surface area contributed by atoms with Gasteiger partial charge >= 0.3 is 0 Å². The summed E-state index contributed by atoms with van der Waals surface area (Å²) in [5.74, 6) is 0. The lowest BCUT2D eigenvalue weighted by atomic mass is 10.1. The van der Waals surface area contributed by atoms with Crippen molar-refractivity contribution < 1.29 is 9.47 Å². The van der Waals surface area contributed by atoms with E-state index < -0.39 is 0 Å². The van der Waals surface area contributed by atoms with Crippen molar-refractivity contribution in [2.24, 2.45) is 0 Å². The first-order valence-corrected chi connectivity index (χ1v) is 7.30. The maximum Gasteiger partial charge on any atom is 0.0808 e. The fourth-order valence-corrected chi connectivity index (χ4v) is 2.32. The highest BCUT2D eigenvalue weighted by Crippen LogP contribution is 2.13. The molecule has 3 nitrogen and oxygen atoms in total.